The van der Waals surface area contributed by atoms with E-state index in [4.69, 9.17) is 26.8 Å². The number of rotatable bonds is 6. The van der Waals surface area contributed by atoms with Gasteiger partial charge in [0.25, 0.3) is 0 Å². The Morgan fingerprint density at radius 2 is 2.05 bits per heavy atom. The summed E-state index contributed by atoms with van der Waals surface area (Å²) >= 11 is 6.11. The average Bonchev–Trinajstić information content (AvgIpc) is 2.45. The van der Waals surface area contributed by atoms with Gasteiger partial charge < -0.3 is 19.9 Å². The Bertz CT molecular complexity index is 484. The van der Waals surface area contributed by atoms with Crippen LogP contribution in [0.1, 0.15) is 18.5 Å². The standard InChI is InChI=1S/C13H17ClFNO4/c1-4-20-13(17)10(15)11(16)7-5-6-8(18-2)12(19-3)9(7)14/h5-6,10-11H,4,16H2,1-3H3/t10?,11-/m1/s1. The predicted octanol–water partition coefficient (Wildman–Crippen LogP) is 2.26. The minimum atomic E-state index is -2.01. The second kappa shape index (κ2) is 7.31. The summed E-state index contributed by atoms with van der Waals surface area (Å²) in [7, 11) is 2.85. The van der Waals surface area contributed by atoms with Gasteiger partial charge in [-0.1, -0.05) is 17.7 Å². The van der Waals surface area contributed by atoms with Gasteiger partial charge in [-0.2, -0.15) is 0 Å². The molecule has 0 aromatic heterocycles. The smallest absolute Gasteiger partial charge is 0.342 e. The molecule has 5 nitrogen and oxygen atoms in total. The third kappa shape index (κ3) is 3.32. The van der Waals surface area contributed by atoms with E-state index in [-0.39, 0.29) is 22.9 Å². The highest BCUT2D eigenvalue weighted by Crippen LogP contribution is 2.40. The van der Waals surface area contributed by atoms with Crippen LogP contribution in [0.25, 0.3) is 0 Å². The van der Waals surface area contributed by atoms with Gasteiger partial charge in [0.15, 0.2) is 11.5 Å². The number of carbonyl (C=O) groups is 1. The molecule has 2 N–H and O–H groups in total. The third-order valence-electron chi connectivity index (χ3n) is 2.70. The lowest BCUT2D eigenvalue weighted by Gasteiger charge is -2.19. The number of hydrogen-bond acceptors (Lipinski definition) is 5. The summed E-state index contributed by atoms with van der Waals surface area (Å²) < 4.78 is 28.7. The second-order valence-corrected chi connectivity index (χ2v) is 4.26. The molecule has 0 saturated heterocycles. The minimum absolute atomic E-state index is 0.0750. The van der Waals surface area contributed by atoms with Crippen LogP contribution in [-0.2, 0) is 9.53 Å². The summed E-state index contributed by atoms with van der Waals surface area (Å²) in [6.07, 6.45) is -2.01. The number of esters is 1. The fraction of sp³-hybridized carbons (Fsp3) is 0.462. The van der Waals surface area contributed by atoms with Crippen molar-refractivity contribution in [3.63, 3.8) is 0 Å². The molecule has 1 rings (SSSR count). The normalized spacial score (nSPS) is 13.5. The highest BCUT2D eigenvalue weighted by molar-refractivity contribution is 6.33. The lowest BCUT2D eigenvalue weighted by Crippen LogP contribution is -2.31. The number of ether oxygens (including phenoxy) is 3. The van der Waals surface area contributed by atoms with Crippen LogP contribution in [0.3, 0.4) is 0 Å². The van der Waals surface area contributed by atoms with E-state index in [1.165, 1.54) is 26.4 Å². The molecule has 0 saturated carbocycles. The van der Waals surface area contributed by atoms with E-state index in [1.54, 1.807) is 6.92 Å². The molecular weight excluding hydrogens is 289 g/mol. The van der Waals surface area contributed by atoms with Crippen molar-refractivity contribution >= 4 is 17.6 Å². The average molecular weight is 306 g/mol. The number of nitrogens with two attached hydrogens (primary N) is 1. The Balaban J connectivity index is 3.10. The molecule has 2 atom stereocenters. The van der Waals surface area contributed by atoms with Crippen molar-refractivity contribution in [1.29, 1.82) is 0 Å². The maximum absolute atomic E-state index is 13.9. The van der Waals surface area contributed by atoms with Crippen LogP contribution in [0.15, 0.2) is 12.1 Å². The van der Waals surface area contributed by atoms with Crippen LogP contribution in [-0.4, -0.2) is 33.0 Å². The maximum atomic E-state index is 13.9. The predicted molar refractivity (Wildman–Crippen MR) is 73.0 cm³/mol. The third-order valence-corrected chi connectivity index (χ3v) is 3.09. The Hall–Kier alpha value is -1.53. The fourth-order valence-corrected chi connectivity index (χ4v) is 2.05. The van der Waals surface area contributed by atoms with E-state index >= 15 is 0 Å². The molecule has 0 radical (unpaired) electrons. The van der Waals surface area contributed by atoms with Gasteiger partial charge in [-0.15, -0.1) is 0 Å². The zero-order chi connectivity index (χ0) is 15.3. The molecule has 0 aliphatic rings. The number of methoxy groups -OCH3 is 2. The van der Waals surface area contributed by atoms with Crippen LogP contribution in [0, 0.1) is 0 Å². The van der Waals surface area contributed by atoms with Crippen molar-refractivity contribution in [2.75, 3.05) is 20.8 Å². The lowest BCUT2D eigenvalue weighted by molar-refractivity contribution is -0.149. The van der Waals surface area contributed by atoms with Crippen molar-refractivity contribution in [2.45, 2.75) is 19.1 Å². The molecule has 7 heteroatoms. The van der Waals surface area contributed by atoms with E-state index in [1.807, 2.05) is 0 Å². The molecule has 1 aromatic carbocycles. The van der Waals surface area contributed by atoms with Gasteiger partial charge in [0.05, 0.1) is 31.9 Å². The topological polar surface area (TPSA) is 70.8 Å². The largest absolute Gasteiger partial charge is 0.493 e. The van der Waals surface area contributed by atoms with E-state index in [0.29, 0.717) is 5.75 Å². The molecule has 112 valence electrons. The number of hydrogen-bond donors (Lipinski definition) is 1. The van der Waals surface area contributed by atoms with E-state index in [9.17, 15) is 9.18 Å². The molecule has 1 aromatic rings. The van der Waals surface area contributed by atoms with Crippen molar-refractivity contribution < 1.29 is 23.4 Å². The maximum Gasteiger partial charge on any atom is 0.342 e. The molecule has 0 heterocycles. The minimum Gasteiger partial charge on any atom is -0.493 e. The molecule has 0 spiro atoms. The zero-order valence-corrected chi connectivity index (χ0v) is 12.2. The Labute approximate surface area is 121 Å². The number of benzene rings is 1. The van der Waals surface area contributed by atoms with Crippen LogP contribution >= 0.6 is 11.6 Å². The SMILES string of the molecule is CCOC(=O)C(F)[C@H](N)c1ccc(OC)c(OC)c1Cl. The molecular formula is C13H17ClFNO4. The summed E-state index contributed by atoms with van der Waals surface area (Å²) in [5.41, 5.74) is 5.97. The van der Waals surface area contributed by atoms with Crippen LogP contribution in [0.5, 0.6) is 11.5 Å². The van der Waals surface area contributed by atoms with Crippen molar-refractivity contribution in [3.05, 3.63) is 22.7 Å². The quantitative estimate of drug-likeness (QED) is 0.816. The van der Waals surface area contributed by atoms with Gasteiger partial charge in [-0.05, 0) is 18.6 Å². The molecule has 0 fully saturated rings. The zero-order valence-electron chi connectivity index (χ0n) is 11.5. The van der Waals surface area contributed by atoms with Gasteiger partial charge in [0.2, 0.25) is 6.17 Å². The first-order chi connectivity index (χ1) is 9.47. The lowest BCUT2D eigenvalue weighted by atomic mass is 10.0. The second-order valence-electron chi connectivity index (χ2n) is 3.88. The number of carbonyl (C=O) groups excluding carboxylic acids is 1. The van der Waals surface area contributed by atoms with Gasteiger partial charge in [0, 0.05) is 0 Å². The summed E-state index contributed by atoms with van der Waals surface area (Å²) in [4.78, 5) is 11.4. The summed E-state index contributed by atoms with van der Waals surface area (Å²) in [5.74, 6) is -0.399. The molecule has 0 amide bonds. The van der Waals surface area contributed by atoms with E-state index in [2.05, 4.69) is 4.74 Å². The first kappa shape index (κ1) is 16.5. The summed E-state index contributed by atoms with van der Waals surface area (Å²) in [6, 6.07) is 1.78. The molecule has 0 aliphatic heterocycles. The van der Waals surface area contributed by atoms with Crippen molar-refractivity contribution in [3.8, 4) is 11.5 Å². The van der Waals surface area contributed by atoms with Gasteiger partial charge in [-0.25, -0.2) is 9.18 Å². The Morgan fingerprint density at radius 1 is 1.40 bits per heavy atom. The molecule has 1 unspecified atom stereocenters. The Kier molecular flexibility index (Phi) is 6.04. The molecule has 20 heavy (non-hydrogen) atoms. The summed E-state index contributed by atoms with van der Waals surface area (Å²) in [6.45, 7) is 1.66. The molecule has 0 aliphatic carbocycles. The highest BCUT2D eigenvalue weighted by Gasteiger charge is 2.30. The van der Waals surface area contributed by atoms with E-state index in [0.717, 1.165) is 0 Å². The van der Waals surface area contributed by atoms with Crippen LogP contribution in [0.4, 0.5) is 4.39 Å². The fourth-order valence-electron chi connectivity index (χ4n) is 1.69. The van der Waals surface area contributed by atoms with Crippen molar-refractivity contribution in [1.82, 2.24) is 0 Å². The monoisotopic (exact) mass is 305 g/mol. The van der Waals surface area contributed by atoms with Crippen molar-refractivity contribution in [2.24, 2.45) is 5.73 Å². The van der Waals surface area contributed by atoms with Gasteiger partial charge >= 0.3 is 5.97 Å². The number of halogens is 2. The number of alkyl halides is 1. The van der Waals surface area contributed by atoms with E-state index < -0.39 is 18.2 Å². The summed E-state index contributed by atoms with van der Waals surface area (Å²) in [5, 5.41) is 0.103. The highest BCUT2D eigenvalue weighted by atomic mass is 35.5. The Morgan fingerprint density at radius 3 is 2.55 bits per heavy atom. The first-order valence-electron chi connectivity index (χ1n) is 5.94. The van der Waals surface area contributed by atoms with Crippen LogP contribution in [0.2, 0.25) is 5.02 Å². The first-order valence-corrected chi connectivity index (χ1v) is 6.32. The van der Waals surface area contributed by atoms with Crippen LogP contribution < -0.4 is 15.2 Å². The van der Waals surface area contributed by atoms with Gasteiger partial charge in [0.1, 0.15) is 0 Å². The molecule has 0 bridgehead atoms. The van der Waals surface area contributed by atoms with Gasteiger partial charge in [-0.3, -0.25) is 0 Å².